The number of Topliss-reactive ketones (excluding diaryl/α,β-unsaturated/α-hetero) is 1. The molecule has 0 fully saturated rings. The zero-order valence-electron chi connectivity index (χ0n) is 16.8. The van der Waals surface area contributed by atoms with Gasteiger partial charge in [-0.05, 0) is 43.3 Å². The molecule has 2 aromatic carbocycles. The second-order valence-electron chi connectivity index (χ2n) is 6.06. The minimum atomic E-state index is -0.0499. The predicted molar refractivity (Wildman–Crippen MR) is 112 cm³/mol. The molecule has 0 unspecified atom stereocenters. The summed E-state index contributed by atoms with van der Waals surface area (Å²) in [7, 11) is 4.74. The first kappa shape index (κ1) is 20.7. The lowest BCUT2D eigenvalue weighted by Crippen LogP contribution is -2.07. The quantitative estimate of drug-likeness (QED) is 0.388. The van der Waals surface area contributed by atoms with Gasteiger partial charge < -0.3 is 18.8 Å². The molecular formula is C21H23N3O4S. The van der Waals surface area contributed by atoms with E-state index in [-0.39, 0.29) is 11.5 Å². The number of hydrogen-bond donors (Lipinski definition) is 0. The summed E-state index contributed by atoms with van der Waals surface area (Å²) in [5, 5.41) is 9.29. The summed E-state index contributed by atoms with van der Waals surface area (Å²) in [6, 6.07) is 12.8. The Labute approximate surface area is 174 Å². The van der Waals surface area contributed by atoms with E-state index in [2.05, 4.69) is 10.2 Å². The first-order valence-corrected chi connectivity index (χ1v) is 10.1. The fraction of sp³-hybridized carbons (Fsp3) is 0.286. The minimum Gasteiger partial charge on any atom is -0.497 e. The van der Waals surface area contributed by atoms with Crippen LogP contribution in [0.5, 0.6) is 17.2 Å². The molecule has 0 amide bonds. The molecule has 1 aromatic heterocycles. The van der Waals surface area contributed by atoms with Crippen LogP contribution in [0, 0.1) is 0 Å². The number of ketones is 1. The van der Waals surface area contributed by atoms with Gasteiger partial charge >= 0.3 is 0 Å². The van der Waals surface area contributed by atoms with Crippen molar-refractivity contribution in [1.82, 2.24) is 14.8 Å². The van der Waals surface area contributed by atoms with Gasteiger partial charge in [-0.25, -0.2) is 0 Å². The lowest BCUT2D eigenvalue weighted by Gasteiger charge is -2.10. The highest BCUT2D eigenvalue weighted by Gasteiger charge is 2.18. The van der Waals surface area contributed by atoms with Crippen LogP contribution in [-0.4, -0.2) is 47.6 Å². The monoisotopic (exact) mass is 413 g/mol. The van der Waals surface area contributed by atoms with Gasteiger partial charge in [0.1, 0.15) is 17.2 Å². The van der Waals surface area contributed by atoms with Gasteiger partial charge in [0.15, 0.2) is 16.8 Å². The van der Waals surface area contributed by atoms with Crippen LogP contribution in [0.4, 0.5) is 0 Å². The molecule has 152 valence electrons. The summed E-state index contributed by atoms with van der Waals surface area (Å²) in [6.07, 6.45) is 0. The molecule has 0 saturated heterocycles. The second-order valence-corrected chi connectivity index (χ2v) is 7.00. The standard InChI is InChI=1S/C21H23N3O4S/c1-5-24-20(14-6-8-15(26-2)9-7-14)22-23-21(24)29-13-18(25)17-11-10-16(27-3)12-19(17)28-4/h6-12H,5,13H2,1-4H3. The molecule has 0 N–H and O–H groups in total. The molecular weight excluding hydrogens is 390 g/mol. The fourth-order valence-electron chi connectivity index (χ4n) is 2.87. The summed E-state index contributed by atoms with van der Waals surface area (Å²) in [6.45, 7) is 2.71. The van der Waals surface area contributed by atoms with Crippen molar-refractivity contribution >= 4 is 17.5 Å². The van der Waals surface area contributed by atoms with Gasteiger partial charge in [-0.1, -0.05) is 11.8 Å². The fourth-order valence-corrected chi connectivity index (χ4v) is 3.76. The number of aromatic nitrogens is 3. The summed E-state index contributed by atoms with van der Waals surface area (Å²) in [5.41, 5.74) is 1.45. The average Bonchev–Trinajstić information content (AvgIpc) is 3.19. The highest BCUT2D eigenvalue weighted by molar-refractivity contribution is 7.99. The van der Waals surface area contributed by atoms with Crippen molar-refractivity contribution in [2.24, 2.45) is 0 Å². The van der Waals surface area contributed by atoms with Crippen LogP contribution in [0.2, 0.25) is 0 Å². The van der Waals surface area contributed by atoms with Crippen molar-refractivity contribution in [3.05, 3.63) is 48.0 Å². The van der Waals surface area contributed by atoms with E-state index < -0.39 is 0 Å². The van der Waals surface area contributed by atoms with E-state index in [0.29, 0.717) is 28.8 Å². The van der Waals surface area contributed by atoms with E-state index >= 15 is 0 Å². The van der Waals surface area contributed by atoms with E-state index in [4.69, 9.17) is 14.2 Å². The van der Waals surface area contributed by atoms with E-state index in [9.17, 15) is 4.79 Å². The molecule has 0 spiro atoms. The Hall–Kier alpha value is -3.00. The highest BCUT2D eigenvalue weighted by Crippen LogP contribution is 2.29. The Morgan fingerprint density at radius 1 is 0.966 bits per heavy atom. The Balaban J connectivity index is 1.77. The van der Waals surface area contributed by atoms with Crippen LogP contribution in [0.25, 0.3) is 11.4 Å². The molecule has 0 bridgehead atoms. The lowest BCUT2D eigenvalue weighted by molar-refractivity contribution is 0.101. The van der Waals surface area contributed by atoms with Crippen LogP contribution in [0.1, 0.15) is 17.3 Å². The lowest BCUT2D eigenvalue weighted by atomic mass is 10.1. The largest absolute Gasteiger partial charge is 0.497 e. The van der Waals surface area contributed by atoms with Crippen molar-refractivity contribution in [1.29, 1.82) is 0 Å². The summed E-state index contributed by atoms with van der Waals surface area (Å²) in [4.78, 5) is 12.7. The number of carbonyl (C=O) groups excluding carboxylic acids is 1. The van der Waals surface area contributed by atoms with E-state index in [1.807, 2.05) is 35.8 Å². The van der Waals surface area contributed by atoms with Crippen molar-refractivity contribution in [2.75, 3.05) is 27.1 Å². The summed E-state index contributed by atoms with van der Waals surface area (Å²) in [5.74, 6) is 2.85. The molecule has 0 aliphatic heterocycles. The van der Waals surface area contributed by atoms with Crippen molar-refractivity contribution in [3.8, 4) is 28.6 Å². The maximum atomic E-state index is 12.7. The number of nitrogens with zero attached hydrogens (tertiary/aromatic N) is 3. The Morgan fingerprint density at radius 3 is 2.28 bits per heavy atom. The summed E-state index contributed by atoms with van der Waals surface area (Å²) < 4.78 is 17.7. The summed E-state index contributed by atoms with van der Waals surface area (Å²) >= 11 is 1.36. The van der Waals surface area contributed by atoms with Crippen LogP contribution >= 0.6 is 11.8 Å². The first-order chi connectivity index (χ1) is 14.1. The smallest absolute Gasteiger partial charge is 0.191 e. The second kappa shape index (κ2) is 9.47. The number of hydrogen-bond acceptors (Lipinski definition) is 7. The third-order valence-electron chi connectivity index (χ3n) is 4.42. The van der Waals surface area contributed by atoms with Gasteiger partial charge in [-0.3, -0.25) is 4.79 Å². The maximum Gasteiger partial charge on any atom is 0.191 e. The molecule has 0 saturated carbocycles. The topological polar surface area (TPSA) is 75.5 Å². The molecule has 0 aliphatic rings. The number of carbonyl (C=O) groups is 1. The van der Waals surface area contributed by atoms with Gasteiger partial charge in [0, 0.05) is 18.2 Å². The normalized spacial score (nSPS) is 10.6. The van der Waals surface area contributed by atoms with E-state index in [1.54, 1.807) is 32.4 Å². The van der Waals surface area contributed by atoms with Crippen LogP contribution < -0.4 is 14.2 Å². The molecule has 3 rings (SSSR count). The van der Waals surface area contributed by atoms with Gasteiger partial charge in [0.05, 0.1) is 32.6 Å². The maximum absolute atomic E-state index is 12.7. The Bertz CT molecular complexity index is 986. The first-order valence-electron chi connectivity index (χ1n) is 9.06. The van der Waals surface area contributed by atoms with Gasteiger partial charge in [0.2, 0.25) is 0 Å². The molecule has 1 heterocycles. The number of methoxy groups -OCH3 is 3. The van der Waals surface area contributed by atoms with Gasteiger partial charge in [-0.2, -0.15) is 0 Å². The number of ether oxygens (including phenoxy) is 3. The molecule has 0 radical (unpaired) electrons. The average molecular weight is 413 g/mol. The van der Waals surface area contributed by atoms with Gasteiger partial charge in [-0.15, -0.1) is 10.2 Å². The molecule has 0 atom stereocenters. The van der Waals surface area contributed by atoms with Crippen molar-refractivity contribution in [2.45, 2.75) is 18.6 Å². The van der Waals surface area contributed by atoms with Gasteiger partial charge in [0.25, 0.3) is 0 Å². The Kier molecular flexibility index (Phi) is 6.77. The third-order valence-corrected chi connectivity index (χ3v) is 5.39. The van der Waals surface area contributed by atoms with Crippen LogP contribution in [0.15, 0.2) is 47.6 Å². The zero-order chi connectivity index (χ0) is 20.8. The van der Waals surface area contributed by atoms with Crippen LogP contribution in [0.3, 0.4) is 0 Å². The molecule has 8 heteroatoms. The predicted octanol–water partition coefficient (Wildman–Crippen LogP) is 3.97. The van der Waals surface area contributed by atoms with Crippen molar-refractivity contribution in [3.63, 3.8) is 0 Å². The zero-order valence-corrected chi connectivity index (χ0v) is 17.7. The number of benzene rings is 2. The molecule has 7 nitrogen and oxygen atoms in total. The highest BCUT2D eigenvalue weighted by atomic mass is 32.2. The van der Waals surface area contributed by atoms with E-state index in [1.165, 1.54) is 18.9 Å². The molecule has 3 aromatic rings. The third kappa shape index (κ3) is 4.54. The molecule has 0 aliphatic carbocycles. The Morgan fingerprint density at radius 2 is 1.66 bits per heavy atom. The van der Waals surface area contributed by atoms with E-state index in [0.717, 1.165) is 17.1 Å². The number of thioether (sulfide) groups is 1. The number of rotatable bonds is 9. The SMILES string of the molecule is CCn1c(SCC(=O)c2ccc(OC)cc2OC)nnc1-c1ccc(OC)cc1. The van der Waals surface area contributed by atoms with Crippen LogP contribution in [-0.2, 0) is 6.54 Å². The van der Waals surface area contributed by atoms with Crippen molar-refractivity contribution < 1.29 is 19.0 Å². The molecule has 29 heavy (non-hydrogen) atoms. The minimum absolute atomic E-state index is 0.0499.